The van der Waals surface area contributed by atoms with Crippen molar-refractivity contribution in [2.45, 2.75) is 26.7 Å². The van der Waals surface area contributed by atoms with Crippen molar-refractivity contribution >= 4 is 5.78 Å². The summed E-state index contributed by atoms with van der Waals surface area (Å²) in [6.45, 7) is 5.36. The van der Waals surface area contributed by atoms with Crippen molar-refractivity contribution in [1.29, 1.82) is 0 Å². The molecule has 0 aromatic heterocycles. The molecule has 1 saturated heterocycles. The van der Waals surface area contributed by atoms with Crippen LogP contribution < -0.4 is 5.32 Å². The number of hydrogen-bond acceptors (Lipinski definition) is 2. The molecule has 3 nitrogen and oxygen atoms in total. The van der Waals surface area contributed by atoms with Crippen LogP contribution in [-0.4, -0.2) is 24.0 Å². The van der Waals surface area contributed by atoms with E-state index in [1.165, 1.54) is 0 Å². The molecular formula is C14H18NO2. The third-order valence-corrected chi connectivity index (χ3v) is 3.41. The van der Waals surface area contributed by atoms with E-state index in [2.05, 4.69) is 5.32 Å². The monoisotopic (exact) mass is 232 g/mol. The van der Waals surface area contributed by atoms with E-state index in [1.54, 1.807) is 12.1 Å². The molecular weight excluding hydrogens is 214 g/mol. The third-order valence-electron chi connectivity index (χ3n) is 3.41. The maximum Gasteiger partial charge on any atom is 0.166 e. The third kappa shape index (κ3) is 2.50. The summed E-state index contributed by atoms with van der Waals surface area (Å²) in [7, 11) is 0. The fourth-order valence-electron chi connectivity index (χ4n) is 2.55. The van der Waals surface area contributed by atoms with Gasteiger partial charge in [0, 0.05) is 24.6 Å². The second-order valence-corrected chi connectivity index (χ2v) is 4.76. The minimum absolute atomic E-state index is 0.106. The maximum absolute atomic E-state index is 12.4. The number of Topliss-reactive ketones (excluding diaryl/α,β-unsaturated/α-hetero) is 1. The Morgan fingerprint density at radius 3 is 2.29 bits per heavy atom. The average molecular weight is 232 g/mol. The second kappa shape index (κ2) is 4.88. The Morgan fingerprint density at radius 1 is 1.24 bits per heavy atom. The van der Waals surface area contributed by atoms with Crippen molar-refractivity contribution in [2.75, 3.05) is 13.1 Å². The van der Waals surface area contributed by atoms with Gasteiger partial charge in [-0.05, 0) is 49.9 Å². The van der Waals surface area contributed by atoms with Gasteiger partial charge in [-0.25, -0.2) is 5.32 Å². The summed E-state index contributed by atoms with van der Waals surface area (Å²) in [5, 5.41) is 13.8. The first-order valence-electron chi connectivity index (χ1n) is 6.07. The number of ketones is 1. The number of hydrogen-bond donors (Lipinski definition) is 1. The van der Waals surface area contributed by atoms with Gasteiger partial charge in [-0.3, -0.25) is 4.79 Å². The van der Waals surface area contributed by atoms with Gasteiger partial charge in [-0.15, -0.1) is 0 Å². The molecule has 0 unspecified atom stereocenters. The second-order valence-electron chi connectivity index (χ2n) is 4.76. The van der Waals surface area contributed by atoms with E-state index in [-0.39, 0.29) is 17.5 Å². The highest BCUT2D eigenvalue weighted by molar-refractivity contribution is 6.00. The van der Waals surface area contributed by atoms with E-state index in [9.17, 15) is 9.90 Å². The molecule has 1 heterocycles. The summed E-state index contributed by atoms with van der Waals surface area (Å²) >= 11 is 0. The minimum Gasteiger partial charge on any atom is -0.508 e. The molecule has 1 radical (unpaired) electrons. The highest BCUT2D eigenvalue weighted by atomic mass is 16.3. The number of benzene rings is 1. The van der Waals surface area contributed by atoms with Crippen LogP contribution in [-0.2, 0) is 0 Å². The van der Waals surface area contributed by atoms with E-state index in [4.69, 9.17) is 0 Å². The van der Waals surface area contributed by atoms with Gasteiger partial charge in [0.25, 0.3) is 0 Å². The SMILES string of the molecule is Cc1cc(O)cc(C)c1C(=O)C1CC[N]CC1. The number of rotatable bonds is 2. The fraction of sp³-hybridized carbons (Fsp3) is 0.500. The average Bonchev–Trinajstić information content (AvgIpc) is 2.28. The van der Waals surface area contributed by atoms with Gasteiger partial charge in [0.1, 0.15) is 5.75 Å². The van der Waals surface area contributed by atoms with Crippen LogP contribution in [0.3, 0.4) is 0 Å². The topological polar surface area (TPSA) is 51.4 Å². The Labute approximate surface area is 102 Å². The number of phenols is 1. The standard InChI is InChI=1S/C14H18NO2/c1-9-7-12(16)8-10(2)13(9)14(17)11-3-5-15-6-4-11/h7-8,11,16H,3-6H2,1-2H3. The summed E-state index contributed by atoms with van der Waals surface area (Å²) in [4.78, 5) is 12.4. The molecule has 0 aliphatic carbocycles. The molecule has 1 aromatic rings. The van der Waals surface area contributed by atoms with Crippen LogP contribution in [0.15, 0.2) is 12.1 Å². The zero-order valence-electron chi connectivity index (χ0n) is 10.4. The number of carbonyl (C=O) groups excluding carboxylic acids is 1. The Balaban J connectivity index is 2.30. The first-order valence-corrected chi connectivity index (χ1v) is 6.07. The molecule has 91 valence electrons. The molecule has 0 amide bonds. The van der Waals surface area contributed by atoms with E-state index in [0.29, 0.717) is 0 Å². The molecule has 1 aliphatic heterocycles. The minimum atomic E-state index is 0.106. The predicted octanol–water partition coefficient (Wildman–Crippen LogP) is 2.21. The normalized spacial score (nSPS) is 17.1. The molecule has 3 heteroatoms. The van der Waals surface area contributed by atoms with Crippen molar-refractivity contribution in [3.63, 3.8) is 0 Å². The zero-order chi connectivity index (χ0) is 12.4. The number of piperidine rings is 1. The van der Waals surface area contributed by atoms with Crippen LogP contribution in [0.4, 0.5) is 0 Å². The summed E-state index contributed by atoms with van der Waals surface area (Å²) in [6.07, 6.45) is 1.72. The molecule has 1 fully saturated rings. The Morgan fingerprint density at radius 2 is 1.76 bits per heavy atom. The molecule has 1 aliphatic rings. The Bertz CT molecular complexity index is 411. The van der Waals surface area contributed by atoms with Crippen LogP contribution in [0.2, 0.25) is 0 Å². The molecule has 17 heavy (non-hydrogen) atoms. The molecule has 1 aromatic carbocycles. The first-order chi connectivity index (χ1) is 8.09. The van der Waals surface area contributed by atoms with Crippen LogP contribution in [0.5, 0.6) is 5.75 Å². The van der Waals surface area contributed by atoms with Crippen molar-refractivity contribution in [1.82, 2.24) is 5.32 Å². The van der Waals surface area contributed by atoms with E-state index < -0.39 is 0 Å². The van der Waals surface area contributed by atoms with Crippen molar-refractivity contribution in [2.24, 2.45) is 5.92 Å². The highest BCUT2D eigenvalue weighted by Crippen LogP contribution is 2.26. The van der Waals surface area contributed by atoms with Gasteiger partial charge in [-0.2, -0.15) is 0 Å². The lowest BCUT2D eigenvalue weighted by Gasteiger charge is -2.22. The zero-order valence-corrected chi connectivity index (χ0v) is 10.4. The molecule has 0 spiro atoms. The van der Waals surface area contributed by atoms with E-state index in [0.717, 1.165) is 42.6 Å². The van der Waals surface area contributed by atoms with Crippen molar-refractivity contribution in [3.05, 3.63) is 28.8 Å². The van der Waals surface area contributed by atoms with Crippen LogP contribution in [0.1, 0.15) is 34.3 Å². The molecule has 0 atom stereocenters. The van der Waals surface area contributed by atoms with Crippen LogP contribution >= 0.6 is 0 Å². The molecule has 0 bridgehead atoms. The Kier molecular flexibility index (Phi) is 3.48. The largest absolute Gasteiger partial charge is 0.508 e. The lowest BCUT2D eigenvalue weighted by atomic mass is 9.86. The smallest absolute Gasteiger partial charge is 0.166 e. The molecule has 2 rings (SSSR count). The first kappa shape index (κ1) is 12.1. The Hall–Kier alpha value is -1.35. The summed E-state index contributed by atoms with van der Waals surface area (Å²) in [5.41, 5.74) is 2.53. The number of aromatic hydroxyl groups is 1. The number of nitrogens with zero attached hydrogens (tertiary/aromatic N) is 1. The number of carbonyl (C=O) groups is 1. The van der Waals surface area contributed by atoms with Gasteiger partial charge in [-0.1, -0.05) is 0 Å². The van der Waals surface area contributed by atoms with Gasteiger partial charge in [0.15, 0.2) is 5.78 Å². The van der Waals surface area contributed by atoms with E-state index in [1.807, 2.05) is 13.8 Å². The molecule has 1 N–H and O–H groups in total. The lowest BCUT2D eigenvalue weighted by Crippen LogP contribution is -2.28. The number of phenolic OH excluding ortho intramolecular Hbond substituents is 1. The van der Waals surface area contributed by atoms with Crippen molar-refractivity contribution < 1.29 is 9.90 Å². The van der Waals surface area contributed by atoms with Crippen molar-refractivity contribution in [3.8, 4) is 5.75 Å². The van der Waals surface area contributed by atoms with Gasteiger partial charge >= 0.3 is 0 Å². The fourth-order valence-corrected chi connectivity index (χ4v) is 2.55. The molecule has 0 saturated carbocycles. The van der Waals surface area contributed by atoms with Gasteiger partial charge < -0.3 is 5.11 Å². The van der Waals surface area contributed by atoms with Gasteiger partial charge in [0.2, 0.25) is 0 Å². The van der Waals surface area contributed by atoms with E-state index >= 15 is 0 Å². The van der Waals surface area contributed by atoms with Gasteiger partial charge in [0.05, 0.1) is 0 Å². The van der Waals surface area contributed by atoms with Crippen LogP contribution in [0, 0.1) is 19.8 Å². The summed E-state index contributed by atoms with van der Waals surface area (Å²) < 4.78 is 0. The number of aryl methyl sites for hydroxylation is 2. The quantitative estimate of drug-likeness (QED) is 0.795. The predicted molar refractivity (Wildman–Crippen MR) is 66.5 cm³/mol. The maximum atomic E-state index is 12.4. The summed E-state index contributed by atoms with van der Waals surface area (Å²) in [6, 6.07) is 3.32. The lowest BCUT2D eigenvalue weighted by molar-refractivity contribution is 0.0893. The summed E-state index contributed by atoms with van der Waals surface area (Å²) in [5.74, 6) is 0.555. The van der Waals surface area contributed by atoms with Crippen LogP contribution in [0.25, 0.3) is 0 Å². The highest BCUT2D eigenvalue weighted by Gasteiger charge is 2.25.